The van der Waals surface area contributed by atoms with Crippen LogP contribution in [0.4, 0.5) is 8.78 Å². The molecule has 0 fully saturated rings. The lowest BCUT2D eigenvalue weighted by molar-refractivity contribution is 0.277. The van der Waals surface area contributed by atoms with Crippen LogP contribution in [0, 0.1) is 5.82 Å². The molecule has 0 N–H and O–H groups in total. The summed E-state index contributed by atoms with van der Waals surface area (Å²) in [6.07, 6.45) is 10.9. The molecule has 34 heavy (non-hydrogen) atoms. The number of furan rings is 1. The molecule has 0 bridgehead atoms. The van der Waals surface area contributed by atoms with Crippen LogP contribution < -0.4 is 0 Å². The van der Waals surface area contributed by atoms with Gasteiger partial charge in [0.1, 0.15) is 11.5 Å². The van der Waals surface area contributed by atoms with Crippen LogP contribution in [0.3, 0.4) is 0 Å². The lowest BCUT2D eigenvalue weighted by atomic mass is 9.89. The maximum atomic E-state index is 15.3. The number of allylic oxidation sites excluding steroid dienone is 6. The fourth-order valence-corrected chi connectivity index (χ4v) is 4.18. The normalized spacial score (nSPS) is 14.3. The molecule has 0 aliphatic rings. The molecule has 184 valence electrons. The average molecular weight is 468 g/mol. The summed E-state index contributed by atoms with van der Waals surface area (Å²) >= 11 is 0. The number of aliphatic imine (C=N–C) groups is 1. The van der Waals surface area contributed by atoms with Gasteiger partial charge in [0.2, 0.25) is 0 Å². The van der Waals surface area contributed by atoms with Gasteiger partial charge in [0.05, 0.1) is 12.5 Å². The minimum atomic E-state index is -1.56. The summed E-state index contributed by atoms with van der Waals surface area (Å²) in [4.78, 5) is 4.93. The Morgan fingerprint density at radius 1 is 1.09 bits per heavy atom. The van der Waals surface area contributed by atoms with Gasteiger partial charge in [-0.3, -0.25) is 4.99 Å². The second-order valence-corrected chi connectivity index (χ2v) is 9.51. The zero-order valence-electron chi connectivity index (χ0n) is 21.7. The summed E-state index contributed by atoms with van der Waals surface area (Å²) in [5.74, 6) is 0.118. The molecule has 0 aliphatic heterocycles. The number of alkyl halides is 1. The number of rotatable bonds is 11. The molecule has 2 aromatic rings. The van der Waals surface area contributed by atoms with E-state index in [1.54, 1.807) is 26.4 Å². The maximum Gasteiger partial charge on any atom is 0.132 e. The Kier molecular flexibility index (Phi) is 10.2. The molecule has 0 spiro atoms. The maximum absolute atomic E-state index is 15.3. The van der Waals surface area contributed by atoms with Gasteiger partial charge in [0.25, 0.3) is 0 Å². The van der Waals surface area contributed by atoms with E-state index in [1.165, 1.54) is 12.1 Å². The standard InChI is InChI=1S/C30H39F2NO/c1-8-10-24(25-11-14-27(31)15-12-25)13-16-29(21(3)4)33-22(5)28(30(6,7)32)19-23(9-2)26-17-18-34-20-26/h9,11-12,14-15,17-20,24H,8,10,13,16H2,1-7H3/b23-9?,28-19+,33-22?. The second kappa shape index (κ2) is 12.6. The van der Waals surface area contributed by atoms with Crippen molar-refractivity contribution in [2.75, 3.05) is 0 Å². The Morgan fingerprint density at radius 2 is 1.76 bits per heavy atom. The van der Waals surface area contributed by atoms with E-state index in [9.17, 15) is 4.39 Å². The molecule has 1 aromatic carbocycles. The van der Waals surface area contributed by atoms with Crippen LogP contribution in [0.2, 0.25) is 0 Å². The van der Waals surface area contributed by atoms with Crippen molar-refractivity contribution in [1.82, 2.24) is 0 Å². The van der Waals surface area contributed by atoms with E-state index in [0.29, 0.717) is 17.2 Å². The Morgan fingerprint density at radius 3 is 2.26 bits per heavy atom. The molecule has 1 heterocycles. The first-order valence-corrected chi connectivity index (χ1v) is 12.1. The van der Waals surface area contributed by atoms with Crippen molar-refractivity contribution in [3.05, 3.63) is 88.8 Å². The minimum Gasteiger partial charge on any atom is -0.472 e. The fourth-order valence-electron chi connectivity index (χ4n) is 4.18. The van der Waals surface area contributed by atoms with Gasteiger partial charge in [0, 0.05) is 22.5 Å². The molecule has 2 nitrogen and oxygen atoms in total. The fraction of sp³-hybridized carbons (Fsp3) is 0.433. The number of nitrogens with zero attached hydrogens (tertiary/aromatic N) is 1. The highest BCUT2D eigenvalue weighted by Crippen LogP contribution is 2.31. The van der Waals surface area contributed by atoms with Crippen molar-refractivity contribution < 1.29 is 13.2 Å². The lowest BCUT2D eigenvalue weighted by Gasteiger charge is -2.21. The third-order valence-corrected chi connectivity index (χ3v) is 6.08. The van der Waals surface area contributed by atoms with Crippen LogP contribution in [0.15, 0.2) is 81.3 Å². The third-order valence-electron chi connectivity index (χ3n) is 6.08. The van der Waals surface area contributed by atoms with Crippen molar-refractivity contribution in [3.63, 3.8) is 0 Å². The smallest absolute Gasteiger partial charge is 0.132 e. The van der Waals surface area contributed by atoms with E-state index in [0.717, 1.165) is 53.7 Å². The molecular formula is C30H39F2NO. The molecule has 0 radical (unpaired) electrons. The first kappa shape index (κ1) is 27.5. The second-order valence-electron chi connectivity index (χ2n) is 9.51. The molecule has 0 saturated carbocycles. The monoisotopic (exact) mass is 467 g/mol. The van der Waals surface area contributed by atoms with Crippen molar-refractivity contribution in [1.29, 1.82) is 0 Å². The van der Waals surface area contributed by atoms with Crippen molar-refractivity contribution in [2.24, 2.45) is 4.99 Å². The Balaban J connectivity index is 2.33. The Labute approximate surface area is 204 Å². The number of halogens is 2. The quantitative estimate of drug-likeness (QED) is 0.238. The van der Waals surface area contributed by atoms with E-state index < -0.39 is 5.67 Å². The van der Waals surface area contributed by atoms with Crippen LogP contribution in [0.1, 0.15) is 91.2 Å². The van der Waals surface area contributed by atoms with Gasteiger partial charge >= 0.3 is 0 Å². The van der Waals surface area contributed by atoms with E-state index in [1.807, 2.05) is 58.0 Å². The zero-order valence-corrected chi connectivity index (χ0v) is 21.7. The van der Waals surface area contributed by atoms with Crippen molar-refractivity contribution >= 4 is 11.3 Å². The largest absolute Gasteiger partial charge is 0.472 e. The first-order chi connectivity index (χ1) is 16.1. The molecule has 0 aliphatic carbocycles. The number of benzene rings is 1. The highest BCUT2D eigenvalue weighted by Gasteiger charge is 2.25. The Hall–Kier alpha value is -2.75. The van der Waals surface area contributed by atoms with Gasteiger partial charge in [-0.15, -0.1) is 0 Å². The van der Waals surface area contributed by atoms with Gasteiger partial charge < -0.3 is 4.42 Å². The highest BCUT2D eigenvalue weighted by molar-refractivity contribution is 6.02. The molecule has 4 heteroatoms. The van der Waals surface area contributed by atoms with Crippen LogP contribution in [-0.2, 0) is 0 Å². The van der Waals surface area contributed by atoms with Gasteiger partial charge in [-0.1, -0.05) is 37.1 Å². The predicted molar refractivity (Wildman–Crippen MR) is 140 cm³/mol. The molecule has 0 amide bonds. The van der Waals surface area contributed by atoms with Gasteiger partial charge in [-0.05, 0) is 102 Å². The van der Waals surface area contributed by atoms with Gasteiger partial charge in [0.15, 0.2) is 0 Å². The van der Waals surface area contributed by atoms with Gasteiger partial charge in [-0.25, -0.2) is 8.78 Å². The molecule has 1 atom stereocenters. The minimum absolute atomic E-state index is 0.215. The number of hydrogen-bond donors (Lipinski definition) is 0. The summed E-state index contributed by atoms with van der Waals surface area (Å²) in [5, 5.41) is 0. The summed E-state index contributed by atoms with van der Waals surface area (Å²) in [6, 6.07) is 8.69. The van der Waals surface area contributed by atoms with E-state index in [-0.39, 0.29) is 5.82 Å². The number of hydrogen-bond acceptors (Lipinski definition) is 2. The third kappa shape index (κ3) is 7.93. The Bertz CT molecular complexity index is 1030. The summed E-state index contributed by atoms with van der Waals surface area (Å²) < 4.78 is 33.9. The zero-order chi connectivity index (χ0) is 25.3. The van der Waals surface area contributed by atoms with E-state index >= 15 is 4.39 Å². The van der Waals surface area contributed by atoms with Crippen LogP contribution in [-0.4, -0.2) is 11.4 Å². The molecule has 1 aromatic heterocycles. The average Bonchev–Trinajstić information content (AvgIpc) is 3.30. The van der Waals surface area contributed by atoms with E-state index in [4.69, 9.17) is 9.41 Å². The van der Waals surface area contributed by atoms with Crippen LogP contribution in [0.5, 0.6) is 0 Å². The lowest BCUT2D eigenvalue weighted by Crippen LogP contribution is -2.22. The van der Waals surface area contributed by atoms with Crippen LogP contribution >= 0.6 is 0 Å². The predicted octanol–water partition coefficient (Wildman–Crippen LogP) is 9.62. The molecule has 1 unspecified atom stereocenters. The summed E-state index contributed by atoms with van der Waals surface area (Å²) in [6.45, 7) is 13.2. The molecule has 0 saturated heterocycles. The topological polar surface area (TPSA) is 25.5 Å². The van der Waals surface area contributed by atoms with E-state index in [2.05, 4.69) is 6.92 Å². The van der Waals surface area contributed by atoms with Gasteiger partial charge in [-0.2, -0.15) is 0 Å². The molecule has 2 rings (SSSR count). The summed E-state index contributed by atoms with van der Waals surface area (Å²) in [5.41, 5.74) is 4.69. The molecular weight excluding hydrogens is 428 g/mol. The van der Waals surface area contributed by atoms with Crippen molar-refractivity contribution in [3.8, 4) is 0 Å². The van der Waals surface area contributed by atoms with Crippen molar-refractivity contribution in [2.45, 2.75) is 85.7 Å². The highest BCUT2D eigenvalue weighted by atomic mass is 19.1. The SMILES string of the molecule is CC=C(/C=C(\C(C)=NC(CCC(CCC)c1ccc(F)cc1)=C(C)C)C(C)(C)F)c1ccoc1. The van der Waals surface area contributed by atoms with Crippen LogP contribution in [0.25, 0.3) is 5.57 Å². The first-order valence-electron chi connectivity index (χ1n) is 12.1. The summed E-state index contributed by atoms with van der Waals surface area (Å²) in [7, 11) is 0.